The molecule has 0 aliphatic heterocycles. The minimum absolute atomic E-state index is 0.0896. The second kappa shape index (κ2) is 9.69. The molecule has 160 valence electrons. The molecule has 2 N–H and O–H groups in total. The topological polar surface area (TPSA) is 93.1 Å². The third-order valence-electron chi connectivity index (χ3n) is 5.80. The van der Waals surface area contributed by atoms with Crippen LogP contribution in [0.25, 0.3) is 0 Å². The predicted molar refractivity (Wildman–Crippen MR) is 117 cm³/mol. The smallest absolute Gasteiger partial charge is 0.276 e. The fourth-order valence-electron chi connectivity index (χ4n) is 3.66. The highest BCUT2D eigenvalue weighted by Crippen LogP contribution is 2.23. The lowest BCUT2D eigenvalue weighted by atomic mass is 9.87. The Kier molecular flexibility index (Phi) is 7.03. The summed E-state index contributed by atoms with van der Waals surface area (Å²) in [6.07, 6.45) is 4.41. The second-order valence-corrected chi connectivity index (χ2v) is 8.31. The van der Waals surface area contributed by atoms with Gasteiger partial charge >= 0.3 is 0 Å². The normalized spacial score (nSPS) is 18.6. The summed E-state index contributed by atoms with van der Waals surface area (Å²) >= 11 is 0. The van der Waals surface area contributed by atoms with Gasteiger partial charge in [-0.1, -0.05) is 13.0 Å². The Hall–Kier alpha value is -2.96. The van der Waals surface area contributed by atoms with Gasteiger partial charge in [-0.2, -0.15) is 5.10 Å². The van der Waals surface area contributed by atoms with Crippen molar-refractivity contribution in [3.63, 3.8) is 0 Å². The van der Waals surface area contributed by atoms with E-state index < -0.39 is 5.91 Å². The van der Waals surface area contributed by atoms with Crippen LogP contribution in [0.4, 0.5) is 5.69 Å². The Morgan fingerprint density at radius 2 is 1.80 bits per heavy atom. The lowest BCUT2D eigenvalue weighted by molar-refractivity contribution is -0.122. The lowest BCUT2D eigenvalue weighted by Crippen LogP contribution is -2.38. The minimum Gasteiger partial charge on any atom is -0.353 e. The summed E-state index contributed by atoms with van der Waals surface area (Å²) in [7, 11) is 0. The molecule has 1 heterocycles. The Balaban J connectivity index is 1.59. The molecule has 2 aromatic rings. The van der Waals surface area contributed by atoms with E-state index in [1.807, 2.05) is 32.0 Å². The Labute approximate surface area is 176 Å². The van der Waals surface area contributed by atoms with Crippen molar-refractivity contribution in [2.45, 2.75) is 65.5 Å². The number of carbonyl (C=O) groups excluding carboxylic acids is 2. The van der Waals surface area contributed by atoms with E-state index in [-0.39, 0.29) is 36.2 Å². The van der Waals surface area contributed by atoms with Crippen molar-refractivity contribution in [3.05, 3.63) is 57.5 Å². The molecule has 1 aliphatic carbocycles. The summed E-state index contributed by atoms with van der Waals surface area (Å²) in [5.41, 5.74) is 2.68. The molecule has 0 atom stereocenters. The molecule has 0 radical (unpaired) electrons. The van der Waals surface area contributed by atoms with Gasteiger partial charge in [-0.05, 0) is 74.8 Å². The first-order valence-electron chi connectivity index (χ1n) is 10.6. The maximum atomic E-state index is 12.5. The standard InChI is InChI=1S/C23H30N4O3/c1-15-4-7-18(8-5-15)24-21(28)12-13-27-22(29)11-10-20(26-27)23(30)25-19-9-6-16(2)17(3)14-19/h6,9-11,14-15,18H,4-5,7-8,12-13H2,1-3H3,(H,24,28)(H,25,30). The highest BCUT2D eigenvalue weighted by atomic mass is 16.2. The van der Waals surface area contributed by atoms with E-state index in [1.165, 1.54) is 16.8 Å². The Bertz CT molecular complexity index is 975. The monoisotopic (exact) mass is 410 g/mol. The van der Waals surface area contributed by atoms with Gasteiger partial charge in [-0.15, -0.1) is 0 Å². The molecule has 2 amide bonds. The second-order valence-electron chi connectivity index (χ2n) is 8.31. The number of anilines is 1. The first-order valence-corrected chi connectivity index (χ1v) is 10.6. The number of carbonyl (C=O) groups is 2. The SMILES string of the molecule is Cc1ccc(NC(=O)c2ccc(=O)n(CCC(=O)NC3CCC(C)CC3)n2)cc1C. The van der Waals surface area contributed by atoms with Crippen molar-refractivity contribution in [2.24, 2.45) is 5.92 Å². The predicted octanol–water partition coefficient (Wildman–Crippen LogP) is 3.20. The Morgan fingerprint density at radius 3 is 2.50 bits per heavy atom. The molecule has 30 heavy (non-hydrogen) atoms. The number of hydrogen-bond acceptors (Lipinski definition) is 4. The molecule has 0 bridgehead atoms. The highest BCUT2D eigenvalue weighted by molar-refractivity contribution is 6.02. The van der Waals surface area contributed by atoms with Crippen molar-refractivity contribution in [3.8, 4) is 0 Å². The molecular weight excluding hydrogens is 380 g/mol. The third kappa shape index (κ3) is 5.78. The van der Waals surface area contributed by atoms with Crippen LogP contribution in [0.2, 0.25) is 0 Å². The average molecular weight is 411 g/mol. The number of amides is 2. The highest BCUT2D eigenvalue weighted by Gasteiger charge is 2.19. The van der Waals surface area contributed by atoms with Crippen LogP contribution in [0.15, 0.2) is 35.1 Å². The van der Waals surface area contributed by atoms with Crippen LogP contribution in [0.1, 0.15) is 60.6 Å². The minimum atomic E-state index is -0.396. The molecule has 1 aliphatic rings. The summed E-state index contributed by atoms with van der Waals surface area (Å²) in [6, 6.07) is 8.58. The van der Waals surface area contributed by atoms with Gasteiger partial charge in [-0.25, -0.2) is 4.68 Å². The van der Waals surface area contributed by atoms with Crippen molar-refractivity contribution in [1.82, 2.24) is 15.1 Å². The van der Waals surface area contributed by atoms with Crippen LogP contribution >= 0.6 is 0 Å². The van der Waals surface area contributed by atoms with E-state index in [9.17, 15) is 14.4 Å². The van der Waals surface area contributed by atoms with Crippen molar-refractivity contribution >= 4 is 17.5 Å². The van der Waals surface area contributed by atoms with Gasteiger partial charge < -0.3 is 10.6 Å². The van der Waals surface area contributed by atoms with Crippen molar-refractivity contribution in [2.75, 3.05) is 5.32 Å². The molecule has 1 fully saturated rings. The number of aryl methyl sites for hydroxylation is 3. The number of benzene rings is 1. The third-order valence-corrected chi connectivity index (χ3v) is 5.80. The first kappa shape index (κ1) is 21.7. The number of aromatic nitrogens is 2. The van der Waals surface area contributed by atoms with Crippen molar-refractivity contribution < 1.29 is 9.59 Å². The van der Waals surface area contributed by atoms with Crippen LogP contribution in [0.5, 0.6) is 0 Å². The molecular formula is C23H30N4O3. The molecule has 7 nitrogen and oxygen atoms in total. The van der Waals surface area contributed by atoms with E-state index in [2.05, 4.69) is 22.7 Å². The zero-order chi connectivity index (χ0) is 21.7. The molecule has 1 aromatic heterocycles. The van der Waals surface area contributed by atoms with Gasteiger partial charge in [-0.3, -0.25) is 14.4 Å². The Morgan fingerprint density at radius 1 is 1.07 bits per heavy atom. The van der Waals surface area contributed by atoms with E-state index >= 15 is 0 Å². The summed E-state index contributed by atoms with van der Waals surface area (Å²) in [5.74, 6) is 0.236. The van der Waals surface area contributed by atoms with Crippen molar-refractivity contribution in [1.29, 1.82) is 0 Å². The van der Waals surface area contributed by atoms with Gasteiger partial charge in [0.1, 0.15) is 5.69 Å². The zero-order valence-electron chi connectivity index (χ0n) is 17.9. The van der Waals surface area contributed by atoms with Crippen LogP contribution in [-0.4, -0.2) is 27.6 Å². The maximum Gasteiger partial charge on any atom is 0.276 e. The molecule has 0 saturated heterocycles. The molecule has 0 unspecified atom stereocenters. The number of hydrogen-bond donors (Lipinski definition) is 2. The molecule has 0 spiro atoms. The van der Waals surface area contributed by atoms with Crippen LogP contribution < -0.4 is 16.2 Å². The van der Waals surface area contributed by atoms with E-state index in [0.717, 1.165) is 42.7 Å². The summed E-state index contributed by atoms with van der Waals surface area (Å²) in [4.78, 5) is 36.9. The first-order chi connectivity index (χ1) is 14.3. The summed E-state index contributed by atoms with van der Waals surface area (Å²) < 4.78 is 1.18. The molecule has 1 aromatic carbocycles. The van der Waals surface area contributed by atoms with Crippen LogP contribution in [0.3, 0.4) is 0 Å². The number of rotatable bonds is 6. The molecule has 3 rings (SSSR count). The number of nitrogens with zero attached hydrogens (tertiary/aromatic N) is 2. The summed E-state index contributed by atoms with van der Waals surface area (Å²) in [5, 5.41) is 10.00. The van der Waals surface area contributed by atoms with E-state index in [4.69, 9.17) is 0 Å². The van der Waals surface area contributed by atoms with E-state index in [0.29, 0.717) is 5.69 Å². The molecule has 1 saturated carbocycles. The summed E-state index contributed by atoms with van der Waals surface area (Å²) in [6.45, 7) is 6.35. The quantitative estimate of drug-likeness (QED) is 0.765. The van der Waals surface area contributed by atoms with Gasteiger partial charge in [0.2, 0.25) is 5.91 Å². The average Bonchev–Trinajstić information content (AvgIpc) is 2.72. The van der Waals surface area contributed by atoms with Crippen LogP contribution in [0, 0.1) is 19.8 Å². The van der Waals surface area contributed by atoms with Gasteiger partial charge in [0, 0.05) is 24.2 Å². The van der Waals surface area contributed by atoms with Gasteiger partial charge in [0.05, 0.1) is 6.54 Å². The van der Waals surface area contributed by atoms with E-state index in [1.54, 1.807) is 0 Å². The van der Waals surface area contributed by atoms with Gasteiger partial charge in [0.15, 0.2) is 0 Å². The fraction of sp³-hybridized carbons (Fsp3) is 0.478. The maximum absolute atomic E-state index is 12.5. The zero-order valence-corrected chi connectivity index (χ0v) is 17.9. The fourth-order valence-corrected chi connectivity index (χ4v) is 3.66. The van der Waals surface area contributed by atoms with Gasteiger partial charge in [0.25, 0.3) is 11.5 Å². The number of nitrogens with one attached hydrogen (secondary N) is 2. The molecule has 7 heteroatoms. The lowest BCUT2D eigenvalue weighted by Gasteiger charge is -2.26. The largest absolute Gasteiger partial charge is 0.353 e. The van der Waals surface area contributed by atoms with Crippen LogP contribution in [-0.2, 0) is 11.3 Å².